The molecule has 0 saturated heterocycles. The van der Waals surface area contributed by atoms with Gasteiger partial charge in [-0.05, 0) is 43.0 Å². The van der Waals surface area contributed by atoms with Crippen LogP contribution in [0, 0.1) is 5.41 Å². The second kappa shape index (κ2) is 5.18. The molecule has 0 aromatic heterocycles. The van der Waals surface area contributed by atoms with Crippen LogP contribution in [0.25, 0.3) is 0 Å². The minimum atomic E-state index is 0.244. The van der Waals surface area contributed by atoms with Crippen molar-refractivity contribution in [3.8, 4) is 5.75 Å². The second-order valence-electron chi connectivity index (χ2n) is 5.86. The number of halogens is 2. The SMILES string of the molecule is CCc1cc(OC2CC(Cl)C23CCCC3)ccc1Cl. The fourth-order valence-electron chi connectivity index (χ4n) is 3.59. The van der Waals surface area contributed by atoms with E-state index in [1.807, 2.05) is 12.1 Å². The van der Waals surface area contributed by atoms with Crippen LogP contribution in [0.1, 0.15) is 44.6 Å². The Labute approximate surface area is 125 Å². The zero-order valence-corrected chi connectivity index (χ0v) is 12.8. The molecule has 3 rings (SSSR count). The van der Waals surface area contributed by atoms with E-state index in [4.69, 9.17) is 27.9 Å². The van der Waals surface area contributed by atoms with E-state index in [0.717, 1.165) is 29.2 Å². The fraction of sp³-hybridized carbons (Fsp3) is 0.625. The third-order valence-corrected chi connectivity index (χ3v) is 5.88. The number of ether oxygens (including phenoxy) is 1. The predicted molar refractivity (Wildman–Crippen MR) is 80.4 cm³/mol. The summed E-state index contributed by atoms with van der Waals surface area (Å²) < 4.78 is 6.21. The summed E-state index contributed by atoms with van der Waals surface area (Å²) in [6, 6.07) is 5.99. The summed E-state index contributed by atoms with van der Waals surface area (Å²) in [6.07, 6.45) is 7.24. The van der Waals surface area contributed by atoms with E-state index < -0.39 is 0 Å². The summed E-state index contributed by atoms with van der Waals surface area (Å²) in [4.78, 5) is 0. The average molecular weight is 299 g/mol. The van der Waals surface area contributed by atoms with Crippen LogP contribution in [0.5, 0.6) is 5.75 Å². The first-order valence-electron chi connectivity index (χ1n) is 7.25. The van der Waals surface area contributed by atoms with E-state index in [1.165, 1.54) is 25.7 Å². The minimum absolute atomic E-state index is 0.244. The van der Waals surface area contributed by atoms with Crippen LogP contribution in [0.2, 0.25) is 5.02 Å². The zero-order valence-electron chi connectivity index (χ0n) is 11.3. The second-order valence-corrected chi connectivity index (χ2v) is 6.79. The van der Waals surface area contributed by atoms with Crippen molar-refractivity contribution in [2.24, 2.45) is 5.41 Å². The third-order valence-electron chi connectivity index (χ3n) is 4.90. The van der Waals surface area contributed by atoms with Crippen molar-refractivity contribution in [3.05, 3.63) is 28.8 Å². The molecule has 2 fully saturated rings. The van der Waals surface area contributed by atoms with E-state index in [-0.39, 0.29) is 5.41 Å². The monoisotopic (exact) mass is 298 g/mol. The number of rotatable bonds is 3. The Morgan fingerprint density at radius 3 is 2.68 bits per heavy atom. The lowest BCUT2D eigenvalue weighted by Crippen LogP contribution is -2.55. The first-order chi connectivity index (χ1) is 9.15. The number of aryl methyl sites for hydroxylation is 1. The Morgan fingerprint density at radius 1 is 1.32 bits per heavy atom. The van der Waals surface area contributed by atoms with Crippen LogP contribution in [0.3, 0.4) is 0 Å². The topological polar surface area (TPSA) is 9.23 Å². The van der Waals surface area contributed by atoms with Crippen LogP contribution in [0.4, 0.5) is 0 Å². The Hall–Kier alpha value is -0.400. The molecule has 2 unspecified atom stereocenters. The van der Waals surface area contributed by atoms with Gasteiger partial charge in [-0.1, -0.05) is 31.4 Å². The van der Waals surface area contributed by atoms with Gasteiger partial charge in [-0.3, -0.25) is 0 Å². The molecule has 0 N–H and O–H groups in total. The van der Waals surface area contributed by atoms with Crippen LogP contribution in [-0.4, -0.2) is 11.5 Å². The van der Waals surface area contributed by atoms with Crippen molar-refractivity contribution in [2.45, 2.75) is 56.9 Å². The number of benzene rings is 1. The van der Waals surface area contributed by atoms with Gasteiger partial charge in [0.25, 0.3) is 0 Å². The van der Waals surface area contributed by atoms with Gasteiger partial charge < -0.3 is 4.74 Å². The maximum absolute atomic E-state index is 6.46. The predicted octanol–water partition coefficient (Wildman–Crippen LogP) is 5.22. The largest absolute Gasteiger partial charge is 0.490 e. The molecular weight excluding hydrogens is 279 g/mol. The highest BCUT2D eigenvalue weighted by atomic mass is 35.5. The summed E-state index contributed by atoms with van der Waals surface area (Å²) in [7, 11) is 0. The smallest absolute Gasteiger partial charge is 0.120 e. The molecule has 0 heterocycles. The number of alkyl halides is 1. The summed E-state index contributed by atoms with van der Waals surface area (Å²) >= 11 is 12.6. The van der Waals surface area contributed by atoms with Crippen LogP contribution >= 0.6 is 23.2 Å². The molecule has 3 heteroatoms. The average Bonchev–Trinajstić information content (AvgIpc) is 2.93. The van der Waals surface area contributed by atoms with E-state index in [2.05, 4.69) is 13.0 Å². The molecule has 1 nitrogen and oxygen atoms in total. The van der Waals surface area contributed by atoms with Crippen molar-refractivity contribution in [1.82, 2.24) is 0 Å². The standard InChI is InChI=1S/C16H20Cl2O/c1-2-11-9-12(5-6-13(11)17)19-15-10-14(18)16(15)7-3-4-8-16/h5-6,9,14-15H,2-4,7-8,10H2,1H3. The molecule has 19 heavy (non-hydrogen) atoms. The lowest BCUT2D eigenvalue weighted by atomic mass is 9.64. The van der Waals surface area contributed by atoms with Gasteiger partial charge in [0.05, 0.1) is 0 Å². The zero-order chi connectivity index (χ0) is 13.5. The molecule has 2 saturated carbocycles. The first kappa shape index (κ1) is 13.6. The van der Waals surface area contributed by atoms with Crippen molar-refractivity contribution in [3.63, 3.8) is 0 Å². The van der Waals surface area contributed by atoms with Gasteiger partial charge in [0.2, 0.25) is 0 Å². The molecule has 0 amide bonds. The van der Waals surface area contributed by atoms with Crippen molar-refractivity contribution in [1.29, 1.82) is 0 Å². The van der Waals surface area contributed by atoms with E-state index in [9.17, 15) is 0 Å². The van der Waals surface area contributed by atoms with Gasteiger partial charge >= 0.3 is 0 Å². The first-order valence-corrected chi connectivity index (χ1v) is 8.06. The van der Waals surface area contributed by atoms with Crippen molar-refractivity contribution < 1.29 is 4.74 Å². The number of hydrogen-bond acceptors (Lipinski definition) is 1. The van der Waals surface area contributed by atoms with Gasteiger partial charge in [0, 0.05) is 22.2 Å². The molecular formula is C16H20Cl2O. The summed E-state index contributed by atoms with van der Waals surface area (Å²) in [5.41, 5.74) is 1.40. The van der Waals surface area contributed by atoms with E-state index in [1.54, 1.807) is 0 Å². The molecule has 2 atom stereocenters. The van der Waals surface area contributed by atoms with Gasteiger partial charge in [0.1, 0.15) is 11.9 Å². The summed E-state index contributed by atoms with van der Waals surface area (Å²) in [5, 5.41) is 1.13. The van der Waals surface area contributed by atoms with Crippen LogP contribution in [0.15, 0.2) is 18.2 Å². The molecule has 0 bridgehead atoms. The van der Waals surface area contributed by atoms with Gasteiger partial charge in [-0.2, -0.15) is 0 Å². The molecule has 104 valence electrons. The van der Waals surface area contributed by atoms with E-state index in [0.29, 0.717) is 11.5 Å². The summed E-state index contributed by atoms with van der Waals surface area (Å²) in [5.74, 6) is 0.945. The van der Waals surface area contributed by atoms with Crippen molar-refractivity contribution >= 4 is 23.2 Å². The Kier molecular flexibility index (Phi) is 3.70. The van der Waals surface area contributed by atoms with Crippen LogP contribution < -0.4 is 4.74 Å². The molecule has 1 aromatic rings. The third kappa shape index (κ3) is 2.25. The van der Waals surface area contributed by atoms with Crippen molar-refractivity contribution in [2.75, 3.05) is 0 Å². The van der Waals surface area contributed by atoms with Gasteiger partial charge in [-0.15, -0.1) is 11.6 Å². The minimum Gasteiger partial charge on any atom is -0.490 e. The maximum Gasteiger partial charge on any atom is 0.120 e. The Bertz CT molecular complexity index is 466. The summed E-state index contributed by atoms with van der Waals surface area (Å²) in [6.45, 7) is 2.11. The van der Waals surface area contributed by atoms with Crippen LogP contribution in [-0.2, 0) is 6.42 Å². The van der Waals surface area contributed by atoms with Gasteiger partial charge in [-0.25, -0.2) is 0 Å². The molecule has 1 aromatic carbocycles. The fourth-order valence-corrected chi connectivity index (χ4v) is 4.36. The molecule has 1 spiro atoms. The molecule has 0 aliphatic heterocycles. The maximum atomic E-state index is 6.46. The quantitative estimate of drug-likeness (QED) is 0.695. The molecule has 2 aliphatic carbocycles. The highest BCUT2D eigenvalue weighted by molar-refractivity contribution is 6.31. The van der Waals surface area contributed by atoms with Gasteiger partial charge in [0.15, 0.2) is 0 Å². The van der Waals surface area contributed by atoms with E-state index >= 15 is 0 Å². The Morgan fingerprint density at radius 2 is 2.05 bits per heavy atom. The number of hydrogen-bond donors (Lipinski definition) is 0. The lowest BCUT2D eigenvalue weighted by Gasteiger charge is -2.51. The lowest BCUT2D eigenvalue weighted by molar-refractivity contribution is -0.0355. The highest BCUT2D eigenvalue weighted by Gasteiger charge is 2.56. The highest BCUT2D eigenvalue weighted by Crippen LogP contribution is 2.57. The Balaban J connectivity index is 1.75. The normalized spacial score (nSPS) is 28.4. The molecule has 2 aliphatic rings. The molecule has 0 radical (unpaired) electrons.